The van der Waals surface area contributed by atoms with Crippen molar-refractivity contribution in [3.63, 3.8) is 0 Å². The Morgan fingerprint density at radius 1 is 0.957 bits per heavy atom. The molecule has 0 radical (unpaired) electrons. The number of aryl methyl sites for hydroxylation is 4. The van der Waals surface area contributed by atoms with Crippen molar-refractivity contribution < 1.29 is 0 Å². The first kappa shape index (κ1) is 16.0. The largest absolute Gasteiger partial charge is 0.260 e. The van der Waals surface area contributed by atoms with Gasteiger partial charge in [0.1, 0.15) is 0 Å². The van der Waals surface area contributed by atoms with Crippen LogP contribution in [0.3, 0.4) is 0 Å². The summed E-state index contributed by atoms with van der Waals surface area (Å²) in [6.45, 7) is 10.7. The summed E-state index contributed by atoms with van der Waals surface area (Å²) in [7, 11) is 0. The third kappa shape index (κ3) is 3.89. The van der Waals surface area contributed by atoms with E-state index in [1.165, 1.54) is 16.3 Å². The molecule has 3 rings (SSSR count). The van der Waals surface area contributed by atoms with Crippen molar-refractivity contribution in [2.45, 2.75) is 47.6 Å². The third-order valence-corrected chi connectivity index (χ3v) is 4.70. The van der Waals surface area contributed by atoms with Gasteiger partial charge >= 0.3 is 0 Å². The summed E-state index contributed by atoms with van der Waals surface area (Å²) in [6, 6.07) is 8.52. The number of hydrogen-bond acceptors (Lipinski definition) is 4. The molecule has 0 spiro atoms. The molecule has 3 heterocycles. The van der Waals surface area contributed by atoms with Gasteiger partial charge in [0.2, 0.25) is 0 Å². The lowest BCUT2D eigenvalue weighted by atomic mass is 10.4. The van der Waals surface area contributed by atoms with E-state index in [-0.39, 0.29) is 0 Å². The van der Waals surface area contributed by atoms with Crippen molar-refractivity contribution >= 4 is 11.3 Å². The van der Waals surface area contributed by atoms with Crippen LogP contribution in [0, 0.1) is 27.7 Å². The maximum Gasteiger partial charge on any atom is 0.0949 e. The molecule has 0 fully saturated rings. The highest BCUT2D eigenvalue weighted by Gasteiger charge is 2.13. The molecule has 0 bridgehead atoms. The van der Waals surface area contributed by atoms with Gasteiger partial charge in [-0.1, -0.05) is 6.07 Å². The Kier molecular flexibility index (Phi) is 4.63. The van der Waals surface area contributed by atoms with Crippen LogP contribution in [0.15, 0.2) is 29.6 Å². The molecule has 0 unspecified atom stereocenters. The topological polar surface area (TPSA) is 38.9 Å². The minimum atomic E-state index is 0.760. The lowest BCUT2D eigenvalue weighted by Gasteiger charge is -2.23. The van der Waals surface area contributed by atoms with E-state index in [4.69, 9.17) is 0 Å². The van der Waals surface area contributed by atoms with Crippen LogP contribution in [-0.4, -0.2) is 24.5 Å². The fourth-order valence-electron chi connectivity index (χ4n) is 2.78. The second-order valence-electron chi connectivity index (χ2n) is 6.04. The Bertz CT molecular complexity index is 721. The van der Waals surface area contributed by atoms with Crippen LogP contribution >= 0.6 is 11.3 Å². The van der Waals surface area contributed by atoms with E-state index in [1.807, 2.05) is 13.8 Å². The Hall–Kier alpha value is -1.92. The SMILES string of the molecule is Cc1cc(C)n(CN(Cc2cccs2)Cn2nc(C)cc2C)n1. The molecule has 0 aliphatic rings. The summed E-state index contributed by atoms with van der Waals surface area (Å²) in [6.07, 6.45) is 0. The Balaban J connectivity index is 1.81. The quantitative estimate of drug-likeness (QED) is 0.695. The lowest BCUT2D eigenvalue weighted by Crippen LogP contribution is -2.30. The number of nitrogens with zero attached hydrogens (tertiary/aromatic N) is 5. The van der Waals surface area contributed by atoms with Gasteiger partial charge < -0.3 is 0 Å². The lowest BCUT2D eigenvalue weighted by molar-refractivity contribution is 0.142. The normalized spacial score (nSPS) is 11.5. The van der Waals surface area contributed by atoms with Crippen molar-refractivity contribution in [2.24, 2.45) is 0 Å². The standard InChI is InChI=1S/C17H23N5S/c1-13-8-15(3)21(18-13)11-20(10-17-6-5-7-23-17)12-22-16(4)9-14(2)19-22/h5-9H,10-12H2,1-4H3. The number of thiophene rings is 1. The Labute approximate surface area is 141 Å². The van der Waals surface area contributed by atoms with Crippen LogP contribution in [0.1, 0.15) is 27.7 Å². The highest BCUT2D eigenvalue weighted by Crippen LogP contribution is 2.15. The molecule has 0 amide bonds. The molecule has 0 saturated heterocycles. The van der Waals surface area contributed by atoms with Crippen LogP contribution in [-0.2, 0) is 19.9 Å². The minimum Gasteiger partial charge on any atom is -0.260 e. The van der Waals surface area contributed by atoms with Gasteiger partial charge in [-0.2, -0.15) is 10.2 Å². The molecule has 0 aromatic carbocycles. The average Bonchev–Trinajstić information content (AvgIpc) is 3.15. The zero-order valence-corrected chi connectivity index (χ0v) is 15.0. The van der Waals surface area contributed by atoms with Crippen molar-refractivity contribution in [3.05, 3.63) is 57.3 Å². The smallest absolute Gasteiger partial charge is 0.0949 e. The van der Waals surface area contributed by atoms with Crippen LogP contribution in [0.2, 0.25) is 0 Å². The van der Waals surface area contributed by atoms with E-state index in [9.17, 15) is 0 Å². The van der Waals surface area contributed by atoms with E-state index >= 15 is 0 Å². The molecule has 5 nitrogen and oxygen atoms in total. The molecule has 3 aromatic rings. The second-order valence-corrected chi connectivity index (χ2v) is 7.08. The molecular formula is C17H23N5S. The fourth-order valence-corrected chi connectivity index (χ4v) is 3.53. The third-order valence-electron chi connectivity index (χ3n) is 3.83. The predicted molar refractivity (Wildman–Crippen MR) is 93.3 cm³/mol. The Morgan fingerprint density at radius 2 is 1.52 bits per heavy atom. The summed E-state index contributed by atoms with van der Waals surface area (Å²) in [4.78, 5) is 3.72. The highest BCUT2D eigenvalue weighted by molar-refractivity contribution is 7.09. The number of aromatic nitrogens is 4. The van der Waals surface area contributed by atoms with E-state index in [0.717, 1.165) is 31.3 Å². The van der Waals surface area contributed by atoms with Gasteiger partial charge in [-0.3, -0.25) is 14.3 Å². The van der Waals surface area contributed by atoms with Gasteiger partial charge in [0, 0.05) is 22.8 Å². The number of rotatable bonds is 6. The summed E-state index contributed by atoms with van der Waals surface area (Å²) >= 11 is 1.79. The van der Waals surface area contributed by atoms with Crippen LogP contribution in [0.4, 0.5) is 0 Å². The summed E-state index contributed by atoms with van der Waals surface area (Å²) in [5, 5.41) is 11.3. The van der Waals surface area contributed by atoms with Gasteiger partial charge in [-0.25, -0.2) is 0 Å². The molecule has 3 aromatic heterocycles. The molecule has 6 heteroatoms. The first-order chi connectivity index (χ1) is 11.0. The second kappa shape index (κ2) is 6.68. The van der Waals surface area contributed by atoms with Crippen LogP contribution < -0.4 is 0 Å². The highest BCUT2D eigenvalue weighted by atomic mass is 32.1. The Morgan fingerprint density at radius 3 is 1.91 bits per heavy atom. The minimum absolute atomic E-state index is 0.760. The molecule has 122 valence electrons. The summed E-state index contributed by atoms with van der Waals surface area (Å²) in [5.41, 5.74) is 4.49. The van der Waals surface area contributed by atoms with Crippen molar-refractivity contribution in [1.29, 1.82) is 0 Å². The van der Waals surface area contributed by atoms with Gasteiger partial charge in [0.05, 0.1) is 24.7 Å². The molecule has 0 aliphatic carbocycles. The van der Waals surface area contributed by atoms with E-state index in [0.29, 0.717) is 0 Å². The molecule has 23 heavy (non-hydrogen) atoms. The molecule has 0 aliphatic heterocycles. The van der Waals surface area contributed by atoms with Gasteiger partial charge in [-0.15, -0.1) is 11.3 Å². The van der Waals surface area contributed by atoms with Gasteiger partial charge in [0.25, 0.3) is 0 Å². The van der Waals surface area contributed by atoms with Crippen molar-refractivity contribution in [2.75, 3.05) is 0 Å². The van der Waals surface area contributed by atoms with Crippen LogP contribution in [0.25, 0.3) is 0 Å². The summed E-state index contributed by atoms with van der Waals surface area (Å²) < 4.78 is 4.13. The van der Waals surface area contributed by atoms with Gasteiger partial charge in [0.15, 0.2) is 0 Å². The average molecular weight is 329 g/mol. The maximum atomic E-state index is 4.60. The van der Waals surface area contributed by atoms with E-state index in [2.05, 4.69) is 68.0 Å². The first-order valence-electron chi connectivity index (χ1n) is 7.78. The molecule has 0 atom stereocenters. The summed E-state index contributed by atoms with van der Waals surface area (Å²) in [5.74, 6) is 0. The zero-order valence-electron chi connectivity index (χ0n) is 14.2. The number of hydrogen-bond donors (Lipinski definition) is 0. The molecular weight excluding hydrogens is 306 g/mol. The predicted octanol–water partition coefficient (Wildman–Crippen LogP) is 3.49. The monoisotopic (exact) mass is 329 g/mol. The first-order valence-corrected chi connectivity index (χ1v) is 8.66. The molecule has 0 saturated carbocycles. The fraction of sp³-hybridized carbons (Fsp3) is 0.412. The van der Waals surface area contributed by atoms with Crippen LogP contribution in [0.5, 0.6) is 0 Å². The van der Waals surface area contributed by atoms with Crippen molar-refractivity contribution in [3.8, 4) is 0 Å². The van der Waals surface area contributed by atoms with Gasteiger partial charge in [-0.05, 0) is 51.3 Å². The van der Waals surface area contributed by atoms with Crippen molar-refractivity contribution in [1.82, 2.24) is 24.5 Å². The zero-order chi connectivity index (χ0) is 16.4. The van der Waals surface area contributed by atoms with E-state index in [1.54, 1.807) is 11.3 Å². The molecule has 0 N–H and O–H groups in total. The van der Waals surface area contributed by atoms with E-state index < -0.39 is 0 Å². The maximum absolute atomic E-state index is 4.60.